The Hall–Kier alpha value is -0.820. The molecule has 0 saturated heterocycles. The summed E-state index contributed by atoms with van der Waals surface area (Å²) in [6, 6.07) is 10.8. The molecule has 0 radical (unpaired) electrons. The van der Waals surface area contributed by atoms with Crippen molar-refractivity contribution < 1.29 is 0 Å². The third-order valence-electron chi connectivity index (χ3n) is 3.25. The summed E-state index contributed by atoms with van der Waals surface area (Å²) in [5.74, 6) is 1.68. The quantitative estimate of drug-likeness (QED) is 0.700. The largest absolute Gasteiger partial charge is 0.316 e. The molecule has 0 spiro atoms. The zero-order valence-corrected chi connectivity index (χ0v) is 9.58. The maximum absolute atomic E-state index is 3.55. The Kier molecular flexibility index (Phi) is 3.79. The standard InChI is InChI=1S/C14H21N/c1-12(14-5-3-2-4-6-14)9-10-15-11-13-7-8-13/h2-6,12-13,15H,7-11H2,1H3. The fraction of sp³-hybridized carbons (Fsp3) is 0.571. The average molecular weight is 203 g/mol. The molecule has 1 N–H and O–H groups in total. The van der Waals surface area contributed by atoms with Crippen LogP contribution in [0.1, 0.15) is 37.7 Å². The van der Waals surface area contributed by atoms with Crippen molar-refractivity contribution in [1.82, 2.24) is 5.32 Å². The molecule has 1 aromatic carbocycles. The number of rotatable bonds is 6. The molecule has 0 heterocycles. The summed E-state index contributed by atoms with van der Waals surface area (Å²) < 4.78 is 0. The molecule has 0 amide bonds. The molecule has 1 aromatic rings. The number of hydrogen-bond acceptors (Lipinski definition) is 1. The highest BCUT2D eigenvalue weighted by Crippen LogP contribution is 2.27. The lowest BCUT2D eigenvalue weighted by Crippen LogP contribution is -2.19. The van der Waals surface area contributed by atoms with Crippen molar-refractivity contribution in [1.29, 1.82) is 0 Å². The molecule has 2 rings (SSSR count). The van der Waals surface area contributed by atoms with Gasteiger partial charge >= 0.3 is 0 Å². The van der Waals surface area contributed by atoms with Crippen molar-refractivity contribution in [2.75, 3.05) is 13.1 Å². The summed E-state index contributed by atoms with van der Waals surface area (Å²) in [6.07, 6.45) is 4.14. The van der Waals surface area contributed by atoms with E-state index in [1.165, 1.54) is 31.4 Å². The fourth-order valence-electron chi connectivity index (χ4n) is 1.89. The second kappa shape index (κ2) is 5.32. The van der Waals surface area contributed by atoms with Crippen LogP contribution in [-0.4, -0.2) is 13.1 Å². The van der Waals surface area contributed by atoms with Crippen LogP contribution in [0.25, 0.3) is 0 Å². The maximum atomic E-state index is 3.55. The summed E-state index contributed by atoms with van der Waals surface area (Å²) in [5.41, 5.74) is 1.46. The minimum Gasteiger partial charge on any atom is -0.316 e. The first-order valence-electron chi connectivity index (χ1n) is 6.12. The molecule has 15 heavy (non-hydrogen) atoms. The third kappa shape index (κ3) is 3.67. The molecule has 1 nitrogen and oxygen atoms in total. The summed E-state index contributed by atoms with van der Waals surface area (Å²) in [6.45, 7) is 4.71. The van der Waals surface area contributed by atoms with E-state index < -0.39 is 0 Å². The van der Waals surface area contributed by atoms with Crippen molar-refractivity contribution in [3.63, 3.8) is 0 Å². The number of nitrogens with one attached hydrogen (secondary N) is 1. The van der Waals surface area contributed by atoms with E-state index in [0.29, 0.717) is 5.92 Å². The molecule has 0 aromatic heterocycles. The van der Waals surface area contributed by atoms with Crippen LogP contribution in [0.5, 0.6) is 0 Å². The molecular weight excluding hydrogens is 182 g/mol. The molecule has 1 unspecified atom stereocenters. The Morgan fingerprint density at radius 3 is 2.67 bits per heavy atom. The van der Waals surface area contributed by atoms with E-state index in [9.17, 15) is 0 Å². The summed E-state index contributed by atoms with van der Waals surface area (Å²) in [4.78, 5) is 0. The van der Waals surface area contributed by atoms with E-state index in [1.54, 1.807) is 0 Å². The molecule has 1 heteroatoms. The van der Waals surface area contributed by atoms with Gasteiger partial charge < -0.3 is 5.32 Å². The van der Waals surface area contributed by atoms with Crippen molar-refractivity contribution >= 4 is 0 Å². The topological polar surface area (TPSA) is 12.0 Å². The van der Waals surface area contributed by atoms with Crippen LogP contribution in [-0.2, 0) is 0 Å². The first-order valence-corrected chi connectivity index (χ1v) is 6.12. The van der Waals surface area contributed by atoms with Crippen LogP contribution < -0.4 is 5.32 Å². The smallest absolute Gasteiger partial charge is 0.00205 e. The van der Waals surface area contributed by atoms with E-state index in [1.807, 2.05) is 0 Å². The Morgan fingerprint density at radius 1 is 1.27 bits per heavy atom. The van der Waals surface area contributed by atoms with Crippen LogP contribution in [0.2, 0.25) is 0 Å². The lowest BCUT2D eigenvalue weighted by molar-refractivity contribution is 0.574. The molecule has 1 fully saturated rings. The van der Waals surface area contributed by atoms with Gasteiger partial charge in [0.15, 0.2) is 0 Å². The second-order valence-corrected chi connectivity index (χ2v) is 4.75. The minimum absolute atomic E-state index is 0.679. The maximum Gasteiger partial charge on any atom is -0.00205 e. The van der Waals surface area contributed by atoms with Crippen molar-refractivity contribution in [3.8, 4) is 0 Å². The van der Waals surface area contributed by atoms with Gasteiger partial charge in [0.05, 0.1) is 0 Å². The highest BCUT2D eigenvalue weighted by Gasteiger charge is 2.20. The average Bonchev–Trinajstić information content (AvgIpc) is 3.09. The summed E-state index contributed by atoms with van der Waals surface area (Å²) >= 11 is 0. The SMILES string of the molecule is CC(CCNCC1CC1)c1ccccc1. The molecule has 0 bridgehead atoms. The first kappa shape index (κ1) is 10.7. The summed E-state index contributed by atoms with van der Waals surface area (Å²) in [7, 11) is 0. The van der Waals surface area contributed by atoms with Gasteiger partial charge in [-0.05, 0) is 49.8 Å². The summed E-state index contributed by atoms with van der Waals surface area (Å²) in [5, 5.41) is 3.55. The van der Waals surface area contributed by atoms with Gasteiger partial charge in [-0.3, -0.25) is 0 Å². The lowest BCUT2D eigenvalue weighted by atomic mass is 9.98. The molecule has 0 aliphatic heterocycles. The van der Waals surface area contributed by atoms with E-state index in [4.69, 9.17) is 0 Å². The molecule has 1 saturated carbocycles. The highest BCUT2D eigenvalue weighted by molar-refractivity contribution is 5.18. The van der Waals surface area contributed by atoms with Gasteiger partial charge in [0.2, 0.25) is 0 Å². The zero-order chi connectivity index (χ0) is 10.5. The van der Waals surface area contributed by atoms with Crippen molar-refractivity contribution in [2.24, 2.45) is 5.92 Å². The zero-order valence-electron chi connectivity index (χ0n) is 9.58. The van der Waals surface area contributed by atoms with Crippen LogP contribution >= 0.6 is 0 Å². The monoisotopic (exact) mass is 203 g/mol. The second-order valence-electron chi connectivity index (χ2n) is 4.75. The fourth-order valence-corrected chi connectivity index (χ4v) is 1.89. The van der Waals surface area contributed by atoms with Gasteiger partial charge in [-0.15, -0.1) is 0 Å². The van der Waals surface area contributed by atoms with E-state index >= 15 is 0 Å². The Balaban J connectivity index is 1.65. The predicted octanol–water partition coefficient (Wildman–Crippen LogP) is 3.18. The van der Waals surface area contributed by atoms with Crippen molar-refractivity contribution in [2.45, 2.75) is 32.1 Å². The van der Waals surface area contributed by atoms with E-state index in [-0.39, 0.29) is 0 Å². The molecule has 82 valence electrons. The van der Waals surface area contributed by atoms with Crippen molar-refractivity contribution in [3.05, 3.63) is 35.9 Å². The normalized spacial score (nSPS) is 17.7. The Morgan fingerprint density at radius 2 is 2.00 bits per heavy atom. The van der Waals surface area contributed by atoms with Gasteiger partial charge in [-0.1, -0.05) is 37.3 Å². The van der Waals surface area contributed by atoms with Gasteiger partial charge in [-0.25, -0.2) is 0 Å². The molecular formula is C14H21N. The first-order chi connectivity index (χ1) is 7.36. The van der Waals surface area contributed by atoms with Crippen LogP contribution in [0.15, 0.2) is 30.3 Å². The Bertz CT molecular complexity index is 277. The van der Waals surface area contributed by atoms with Crippen LogP contribution in [0.4, 0.5) is 0 Å². The highest BCUT2D eigenvalue weighted by atomic mass is 14.9. The Labute approximate surface area is 92.9 Å². The third-order valence-corrected chi connectivity index (χ3v) is 3.25. The van der Waals surface area contributed by atoms with Gasteiger partial charge in [0.25, 0.3) is 0 Å². The van der Waals surface area contributed by atoms with E-state index in [0.717, 1.165) is 12.5 Å². The van der Waals surface area contributed by atoms with E-state index in [2.05, 4.69) is 42.6 Å². The number of benzene rings is 1. The lowest BCUT2D eigenvalue weighted by Gasteiger charge is -2.12. The molecule has 1 aliphatic rings. The molecule has 1 aliphatic carbocycles. The predicted molar refractivity (Wildman–Crippen MR) is 65.1 cm³/mol. The van der Waals surface area contributed by atoms with Crippen LogP contribution in [0.3, 0.4) is 0 Å². The van der Waals surface area contributed by atoms with Crippen LogP contribution in [0, 0.1) is 5.92 Å². The van der Waals surface area contributed by atoms with Gasteiger partial charge in [0, 0.05) is 0 Å². The number of hydrogen-bond donors (Lipinski definition) is 1. The minimum atomic E-state index is 0.679. The van der Waals surface area contributed by atoms with Gasteiger partial charge in [-0.2, -0.15) is 0 Å². The van der Waals surface area contributed by atoms with Gasteiger partial charge in [0.1, 0.15) is 0 Å². The molecule has 1 atom stereocenters.